The maximum atomic E-state index is 13.2. The first-order valence-corrected chi connectivity index (χ1v) is 11.5. The summed E-state index contributed by atoms with van der Waals surface area (Å²) in [6.07, 6.45) is 0.929. The van der Waals surface area contributed by atoms with Gasteiger partial charge >= 0.3 is 0 Å². The zero-order chi connectivity index (χ0) is 23.5. The Morgan fingerprint density at radius 3 is 2.21 bits per heavy atom. The van der Waals surface area contributed by atoms with Crippen molar-refractivity contribution in [2.75, 3.05) is 11.4 Å². The van der Waals surface area contributed by atoms with Crippen LogP contribution in [0, 0.1) is 6.92 Å². The molecule has 0 fully saturated rings. The van der Waals surface area contributed by atoms with Crippen molar-refractivity contribution < 1.29 is 9.59 Å². The Labute approximate surface area is 199 Å². The molecule has 1 aliphatic rings. The number of amides is 2. The van der Waals surface area contributed by atoms with Gasteiger partial charge in [0.2, 0.25) is 0 Å². The number of fused-ring (bicyclic) bond motifs is 1. The second kappa shape index (κ2) is 9.46. The predicted octanol–water partition coefficient (Wildman–Crippen LogP) is 5.79. The van der Waals surface area contributed by atoms with Crippen molar-refractivity contribution in [1.82, 2.24) is 5.32 Å². The highest BCUT2D eigenvalue weighted by atomic mass is 16.2. The van der Waals surface area contributed by atoms with Gasteiger partial charge in [-0.2, -0.15) is 0 Å². The molecule has 168 valence electrons. The third-order valence-corrected chi connectivity index (χ3v) is 6.30. The minimum atomic E-state index is -0.265. The van der Waals surface area contributed by atoms with E-state index in [1.807, 2.05) is 61.5 Å². The summed E-state index contributed by atoms with van der Waals surface area (Å²) < 4.78 is 0. The van der Waals surface area contributed by atoms with Gasteiger partial charge in [-0.25, -0.2) is 4.90 Å². The normalized spacial score (nSPS) is 12.8. The molecule has 2 amide bonds. The Morgan fingerprint density at radius 2 is 1.47 bits per heavy atom. The van der Waals surface area contributed by atoms with Crippen LogP contribution in [0.4, 0.5) is 5.69 Å². The van der Waals surface area contributed by atoms with Crippen molar-refractivity contribution in [1.29, 1.82) is 0 Å². The Bertz CT molecular complexity index is 1350. The molecule has 4 heteroatoms. The number of imide groups is 1. The third-order valence-electron chi connectivity index (χ3n) is 6.30. The summed E-state index contributed by atoms with van der Waals surface area (Å²) in [7, 11) is 0. The monoisotopic (exact) mass is 446 g/mol. The van der Waals surface area contributed by atoms with Crippen LogP contribution in [0.3, 0.4) is 0 Å². The lowest BCUT2D eigenvalue weighted by Gasteiger charge is -2.18. The van der Waals surface area contributed by atoms with Crippen LogP contribution >= 0.6 is 0 Å². The maximum absolute atomic E-state index is 13.2. The van der Waals surface area contributed by atoms with Gasteiger partial charge < -0.3 is 5.32 Å². The summed E-state index contributed by atoms with van der Waals surface area (Å²) >= 11 is 0. The average Bonchev–Trinajstić information content (AvgIpc) is 3.13. The number of anilines is 1. The Morgan fingerprint density at radius 1 is 0.735 bits per heavy atom. The molecule has 5 rings (SSSR count). The van der Waals surface area contributed by atoms with E-state index in [4.69, 9.17) is 0 Å². The van der Waals surface area contributed by atoms with Crippen LogP contribution in [0.5, 0.6) is 0 Å². The molecule has 34 heavy (non-hydrogen) atoms. The summed E-state index contributed by atoms with van der Waals surface area (Å²) in [4.78, 5) is 27.6. The number of carbonyl (C=O) groups excluding carboxylic acids is 2. The molecule has 0 aromatic heterocycles. The van der Waals surface area contributed by atoms with E-state index in [0.29, 0.717) is 23.4 Å². The summed E-state index contributed by atoms with van der Waals surface area (Å²) in [5.74, 6) is -0.521. The first-order valence-electron chi connectivity index (χ1n) is 11.5. The lowest BCUT2D eigenvalue weighted by molar-refractivity contribution is 0.0926. The molecule has 0 unspecified atom stereocenters. The quantitative estimate of drug-likeness (QED) is 0.289. The average molecular weight is 447 g/mol. The highest BCUT2D eigenvalue weighted by Gasteiger charge is 2.37. The van der Waals surface area contributed by atoms with Crippen LogP contribution in [0.2, 0.25) is 0 Å². The van der Waals surface area contributed by atoms with Crippen molar-refractivity contribution in [2.24, 2.45) is 0 Å². The molecule has 4 aromatic carbocycles. The van der Waals surface area contributed by atoms with E-state index in [-0.39, 0.29) is 11.8 Å². The number of hydrogen-bond acceptors (Lipinski definition) is 3. The minimum Gasteiger partial charge on any atom is -0.312 e. The van der Waals surface area contributed by atoms with Crippen molar-refractivity contribution >= 4 is 17.5 Å². The maximum Gasteiger partial charge on any atom is 0.266 e. The molecule has 1 N–H and O–H groups in total. The van der Waals surface area contributed by atoms with E-state index >= 15 is 0 Å². The van der Waals surface area contributed by atoms with Crippen LogP contribution in [0.15, 0.2) is 97.1 Å². The van der Waals surface area contributed by atoms with Crippen molar-refractivity contribution in [3.8, 4) is 11.1 Å². The third kappa shape index (κ3) is 4.16. The number of benzene rings is 4. The number of nitrogens with zero attached hydrogens (tertiary/aromatic N) is 1. The second-order valence-electron chi connectivity index (χ2n) is 8.56. The van der Waals surface area contributed by atoms with Crippen LogP contribution in [-0.4, -0.2) is 18.4 Å². The van der Waals surface area contributed by atoms with E-state index in [1.165, 1.54) is 10.5 Å². The lowest BCUT2D eigenvalue weighted by atomic mass is 9.98. The number of nitrogens with one attached hydrogen (secondary N) is 1. The van der Waals surface area contributed by atoms with E-state index in [1.54, 1.807) is 6.07 Å². The highest BCUT2D eigenvalue weighted by molar-refractivity contribution is 6.34. The highest BCUT2D eigenvalue weighted by Crippen LogP contribution is 2.33. The fourth-order valence-corrected chi connectivity index (χ4v) is 4.55. The molecule has 0 bridgehead atoms. The molecular formula is C30H26N2O2. The van der Waals surface area contributed by atoms with Crippen LogP contribution in [-0.2, 0) is 13.0 Å². The molecule has 0 saturated carbocycles. The Balaban J connectivity index is 1.44. The molecule has 0 saturated heterocycles. The number of rotatable bonds is 7. The van der Waals surface area contributed by atoms with Gasteiger partial charge in [0.05, 0.1) is 16.8 Å². The lowest BCUT2D eigenvalue weighted by Crippen LogP contribution is -2.29. The van der Waals surface area contributed by atoms with Gasteiger partial charge in [-0.15, -0.1) is 0 Å². The van der Waals surface area contributed by atoms with E-state index < -0.39 is 0 Å². The Hall–Kier alpha value is -4.02. The summed E-state index contributed by atoms with van der Waals surface area (Å²) in [5, 5.41) is 3.54. The summed E-state index contributed by atoms with van der Waals surface area (Å²) in [6, 6.07) is 31.8. The molecule has 0 atom stereocenters. The van der Waals surface area contributed by atoms with Crippen molar-refractivity contribution in [3.05, 3.63) is 125 Å². The standard InChI is InChI=1S/C30H26N2O2/c1-21-9-8-14-27-28(21)30(34)32(29(27)33)25-15-16-26(23-12-6-3-7-13-23)24(19-25)20-31-18-17-22-10-4-2-5-11-22/h2-16,19,31H,17-18,20H2,1H3. The van der Waals surface area contributed by atoms with Crippen molar-refractivity contribution in [2.45, 2.75) is 19.9 Å². The van der Waals surface area contributed by atoms with Crippen LogP contribution < -0.4 is 10.2 Å². The molecule has 0 radical (unpaired) electrons. The SMILES string of the molecule is Cc1cccc2c1C(=O)N(c1ccc(-c3ccccc3)c(CNCCc3ccccc3)c1)C2=O. The van der Waals surface area contributed by atoms with Crippen LogP contribution in [0.1, 0.15) is 37.4 Å². The summed E-state index contributed by atoms with van der Waals surface area (Å²) in [6.45, 7) is 3.33. The van der Waals surface area contributed by atoms with Gasteiger partial charge in [0.1, 0.15) is 0 Å². The molecule has 1 aliphatic heterocycles. The molecule has 0 spiro atoms. The Kier molecular flexibility index (Phi) is 6.07. The molecule has 0 aliphatic carbocycles. The van der Waals surface area contributed by atoms with E-state index in [2.05, 4.69) is 41.7 Å². The van der Waals surface area contributed by atoms with Gasteiger partial charge in [-0.05, 0) is 65.9 Å². The first-order chi connectivity index (χ1) is 16.6. The van der Waals surface area contributed by atoms with Gasteiger partial charge in [-0.3, -0.25) is 9.59 Å². The predicted molar refractivity (Wildman–Crippen MR) is 136 cm³/mol. The van der Waals surface area contributed by atoms with E-state index in [0.717, 1.165) is 35.2 Å². The second-order valence-corrected chi connectivity index (χ2v) is 8.56. The fourth-order valence-electron chi connectivity index (χ4n) is 4.55. The van der Waals surface area contributed by atoms with Crippen molar-refractivity contribution in [3.63, 3.8) is 0 Å². The van der Waals surface area contributed by atoms with Gasteiger partial charge in [0.25, 0.3) is 11.8 Å². The van der Waals surface area contributed by atoms with Gasteiger partial charge in [0.15, 0.2) is 0 Å². The molecular weight excluding hydrogens is 420 g/mol. The molecule has 1 heterocycles. The van der Waals surface area contributed by atoms with Gasteiger partial charge in [0, 0.05) is 6.54 Å². The largest absolute Gasteiger partial charge is 0.312 e. The number of hydrogen-bond donors (Lipinski definition) is 1. The van der Waals surface area contributed by atoms with E-state index in [9.17, 15) is 9.59 Å². The van der Waals surface area contributed by atoms with Crippen LogP contribution in [0.25, 0.3) is 11.1 Å². The van der Waals surface area contributed by atoms with Gasteiger partial charge in [-0.1, -0.05) is 78.9 Å². The minimum absolute atomic E-state index is 0.256. The molecule has 4 aromatic rings. The zero-order valence-electron chi connectivity index (χ0n) is 19.1. The smallest absolute Gasteiger partial charge is 0.266 e. The number of carbonyl (C=O) groups is 2. The summed E-state index contributed by atoms with van der Waals surface area (Å²) in [5.41, 5.74) is 6.92. The zero-order valence-corrected chi connectivity index (χ0v) is 19.1. The topological polar surface area (TPSA) is 49.4 Å². The number of aryl methyl sites for hydroxylation is 1. The first kappa shape index (κ1) is 21.8. The molecule has 4 nitrogen and oxygen atoms in total. The fraction of sp³-hybridized carbons (Fsp3) is 0.133.